The molecule has 0 bridgehead atoms. The summed E-state index contributed by atoms with van der Waals surface area (Å²) in [5.74, 6) is -3.58. The summed E-state index contributed by atoms with van der Waals surface area (Å²) in [5.41, 5.74) is 4.45. The maximum absolute atomic E-state index is 13.7. The van der Waals surface area contributed by atoms with Crippen LogP contribution >= 0.6 is 15.9 Å². The topological polar surface area (TPSA) is 55.1 Å². The molecule has 0 fully saturated rings. The molecular formula is C13H8BrF3N2O. The molecule has 0 saturated carbocycles. The van der Waals surface area contributed by atoms with Crippen LogP contribution in [0.5, 0.6) is 0 Å². The van der Waals surface area contributed by atoms with Crippen LogP contribution in [0.2, 0.25) is 0 Å². The number of hydrogen-bond donors (Lipinski definition) is 2. The number of carbonyl (C=O) groups excluding carboxylic acids is 1. The fourth-order valence-corrected chi connectivity index (χ4v) is 1.95. The first-order valence-corrected chi connectivity index (χ1v) is 6.19. The van der Waals surface area contributed by atoms with E-state index in [0.717, 1.165) is 6.07 Å². The molecule has 7 heteroatoms. The second kappa shape index (κ2) is 5.54. The van der Waals surface area contributed by atoms with E-state index < -0.39 is 29.0 Å². The second-order valence-corrected chi connectivity index (χ2v) is 4.76. The van der Waals surface area contributed by atoms with Crippen molar-refractivity contribution in [1.82, 2.24) is 0 Å². The van der Waals surface area contributed by atoms with Crippen molar-refractivity contribution in [3.63, 3.8) is 0 Å². The molecule has 2 aromatic rings. The van der Waals surface area contributed by atoms with Crippen LogP contribution in [-0.4, -0.2) is 5.91 Å². The maximum Gasteiger partial charge on any atom is 0.258 e. The van der Waals surface area contributed by atoms with E-state index in [9.17, 15) is 18.0 Å². The molecule has 0 radical (unpaired) electrons. The quantitative estimate of drug-likeness (QED) is 0.816. The van der Waals surface area contributed by atoms with Crippen molar-refractivity contribution < 1.29 is 18.0 Å². The molecule has 0 atom stereocenters. The maximum atomic E-state index is 13.7. The SMILES string of the molecule is Nc1cc(F)cc(F)c1NC(=O)c1cccc(Br)c1F. The van der Waals surface area contributed by atoms with E-state index in [2.05, 4.69) is 21.2 Å². The molecular weight excluding hydrogens is 337 g/mol. The lowest BCUT2D eigenvalue weighted by Gasteiger charge is -2.10. The van der Waals surface area contributed by atoms with E-state index >= 15 is 0 Å². The Hall–Kier alpha value is -2.02. The van der Waals surface area contributed by atoms with E-state index in [1.165, 1.54) is 18.2 Å². The average molecular weight is 345 g/mol. The molecule has 2 aromatic carbocycles. The van der Waals surface area contributed by atoms with Crippen LogP contribution in [0.25, 0.3) is 0 Å². The van der Waals surface area contributed by atoms with Crippen LogP contribution in [0.4, 0.5) is 24.5 Å². The predicted octanol–water partition coefficient (Wildman–Crippen LogP) is 3.70. The number of benzene rings is 2. The van der Waals surface area contributed by atoms with E-state index in [0.29, 0.717) is 6.07 Å². The van der Waals surface area contributed by atoms with Gasteiger partial charge in [0.05, 0.1) is 15.7 Å². The minimum Gasteiger partial charge on any atom is -0.397 e. The Morgan fingerprint density at radius 3 is 2.55 bits per heavy atom. The van der Waals surface area contributed by atoms with Gasteiger partial charge in [-0.25, -0.2) is 13.2 Å². The first kappa shape index (κ1) is 14.4. The summed E-state index contributed by atoms with van der Waals surface area (Å²) in [7, 11) is 0. The monoisotopic (exact) mass is 344 g/mol. The number of nitrogens with two attached hydrogens (primary N) is 1. The predicted molar refractivity (Wildman–Crippen MR) is 72.8 cm³/mol. The number of nitrogens with one attached hydrogen (secondary N) is 1. The summed E-state index contributed by atoms with van der Waals surface area (Å²) < 4.78 is 40.2. The van der Waals surface area contributed by atoms with Gasteiger partial charge >= 0.3 is 0 Å². The number of halogens is 4. The second-order valence-electron chi connectivity index (χ2n) is 3.91. The van der Waals surface area contributed by atoms with Crippen LogP contribution < -0.4 is 11.1 Å². The molecule has 20 heavy (non-hydrogen) atoms. The zero-order valence-electron chi connectivity index (χ0n) is 9.88. The number of carbonyl (C=O) groups is 1. The van der Waals surface area contributed by atoms with E-state index in [4.69, 9.17) is 5.73 Å². The fourth-order valence-electron chi connectivity index (χ4n) is 1.59. The molecule has 0 heterocycles. The lowest BCUT2D eigenvalue weighted by molar-refractivity contribution is 0.102. The van der Waals surface area contributed by atoms with Crippen molar-refractivity contribution in [3.05, 3.63) is 57.8 Å². The van der Waals surface area contributed by atoms with Gasteiger partial charge in [0.1, 0.15) is 17.3 Å². The first-order chi connectivity index (χ1) is 9.40. The molecule has 3 N–H and O–H groups in total. The summed E-state index contributed by atoms with van der Waals surface area (Å²) in [6.07, 6.45) is 0. The normalized spacial score (nSPS) is 10.4. The number of rotatable bonds is 2. The van der Waals surface area contributed by atoms with E-state index in [1.807, 2.05) is 0 Å². The van der Waals surface area contributed by atoms with Crippen molar-refractivity contribution in [2.24, 2.45) is 0 Å². The van der Waals surface area contributed by atoms with Crippen molar-refractivity contribution in [2.45, 2.75) is 0 Å². The third kappa shape index (κ3) is 2.77. The molecule has 1 amide bonds. The molecule has 0 unspecified atom stereocenters. The molecule has 0 saturated heterocycles. The number of hydrogen-bond acceptors (Lipinski definition) is 2. The number of amides is 1. The Kier molecular flexibility index (Phi) is 3.99. The van der Waals surface area contributed by atoms with Crippen LogP contribution in [0.3, 0.4) is 0 Å². The van der Waals surface area contributed by atoms with Gasteiger partial charge in [0.25, 0.3) is 5.91 Å². The Bertz CT molecular complexity index is 668. The van der Waals surface area contributed by atoms with Gasteiger partial charge in [-0.15, -0.1) is 0 Å². The first-order valence-electron chi connectivity index (χ1n) is 5.40. The summed E-state index contributed by atoms with van der Waals surface area (Å²) in [4.78, 5) is 11.9. The van der Waals surface area contributed by atoms with Crippen molar-refractivity contribution in [3.8, 4) is 0 Å². The summed E-state index contributed by atoms with van der Waals surface area (Å²) in [6.45, 7) is 0. The Morgan fingerprint density at radius 1 is 1.20 bits per heavy atom. The summed E-state index contributed by atoms with van der Waals surface area (Å²) in [5, 5.41) is 2.12. The van der Waals surface area contributed by atoms with Crippen molar-refractivity contribution in [2.75, 3.05) is 11.1 Å². The van der Waals surface area contributed by atoms with E-state index in [1.54, 1.807) is 0 Å². The van der Waals surface area contributed by atoms with Gasteiger partial charge in [-0.2, -0.15) is 0 Å². The molecule has 3 nitrogen and oxygen atoms in total. The Balaban J connectivity index is 2.36. The van der Waals surface area contributed by atoms with Gasteiger partial charge < -0.3 is 11.1 Å². The minimum atomic E-state index is -1.04. The molecule has 104 valence electrons. The highest BCUT2D eigenvalue weighted by molar-refractivity contribution is 9.10. The number of anilines is 2. The molecule has 2 rings (SSSR count). The molecule has 0 spiro atoms. The largest absolute Gasteiger partial charge is 0.397 e. The zero-order valence-corrected chi connectivity index (χ0v) is 11.5. The van der Waals surface area contributed by atoms with Gasteiger partial charge in [0.2, 0.25) is 0 Å². The van der Waals surface area contributed by atoms with Crippen LogP contribution in [0, 0.1) is 17.5 Å². The van der Waals surface area contributed by atoms with Crippen LogP contribution in [0.1, 0.15) is 10.4 Å². The third-order valence-corrected chi connectivity index (χ3v) is 3.13. The lowest BCUT2D eigenvalue weighted by Crippen LogP contribution is -2.16. The minimum absolute atomic E-state index is 0.0951. The van der Waals surface area contributed by atoms with Gasteiger partial charge in [-0.05, 0) is 34.1 Å². The molecule has 0 aliphatic heterocycles. The highest BCUT2D eigenvalue weighted by Gasteiger charge is 2.17. The summed E-state index contributed by atoms with van der Waals surface area (Å²) in [6, 6.07) is 5.53. The molecule has 0 aliphatic rings. The smallest absolute Gasteiger partial charge is 0.258 e. The Morgan fingerprint density at radius 2 is 1.90 bits per heavy atom. The van der Waals surface area contributed by atoms with Crippen LogP contribution in [-0.2, 0) is 0 Å². The number of nitrogen functional groups attached to an aromatic ring is 1. The molecule has 0 aromatic heterocycles. The van der Waals surface area contributed by atoms with Crippen molar-refractivity contribution in [1.29, 1.82) is 0 Å². The van der Waals surface area contributed by atoms with Gasteiger partial charge in [-0.1, -0.05) is 6.07 Å². The van der Waals surface area contributed by atoms with Gasteiger partial charge in [-0.3, -0.25) is 4.79 Å². The van der Waals surface area contributed by atoms with Gasteiger partial charge in [0, 0.05) is 6.07 Å². The fraction of sp³-hybridized carbons (Fsp3) is 0. The average Bonchev–Trinajstić information content (AvgIpc) is 2.36. The zero-order chi connectivity index (χ0) is 14.9. The van der Waals surface area contributed by atoms with E-state index in [-0.39, 0.29) is 15.7 Å². The highest BCUT2D eigenvalue weighted by Crippen LogP contribution is 2.25. The standard InChI is InChI=1S/C13H8BrF3N2O/c14-8-3-1-2-7(11(8)17)13(20)19-12-9(16)4-6(15)5-10(12)18/h1-5H,18H2,(H,19,20). The van der Waals surface area contributed by atoms with Crippen molar-refractivity contribution >= 4 is 33.2 Å². The Labute approximate surface area is 120 Å². The third-order valence-electron chi connectivity index (χ3n) is 2.52. The lowest BCUT2D eigenvalue weighted by atomic mass is 10.2. The van der Waals surface area contributed by atoms with Crippen LogP contribution in [0.15, 0.2) is 34.8 Å². The molecule has 0 aliphatic carbocycles. The van der Waals surface area contributed by atoms with Gasteiger partial charge in [0.15, 0.2) is 5.82 Å². The highest BCUT2D eigenvalue weighted by atomic mass is 79.9. The summed E-state index contributed by atoms with van der Waals surface area (Å²) >= 11 is 2.93.